The Morgan fingerprint density at radius 1 is 1.19 bits per heavy atom. The molecule has 2 aromatic rings. The Bertz CT molecular complexity index is 730. The van der Waals surface area contributed by atoms with Crippen LogP contribution in [0.4, 0.5) is 0 Å². The highest BCUT2D eigenvalue weighted by Crippen LogP contribution is 2.40. The fourth-order valence-electron chi connectivity index (χ4n) is 1.98. The van der Waals surface area contributed by atoms with E-state index in [2.05, 4.69) is 9.97 Å². The second-order valence-electron chi connectivity index (χ2n) is 4.64. The van der Waals surface area contributed by atoms with Crippen LogP contribution >= 0.6 is 7.60 Å². The SMILES string of the molecule is NC(Cc1cc2nccnc2cc1CP(=O)(O)O)C(=O)O. The maximum Gasteiger partial charge on any atom is 0.329 e. The molecule has 8 nitrogen and oxygen atoms in total. The predicted molar refractivity (Wildman–Crippen MR) is 74.6 cm³/mol. The Hall–Kier alpha value is -1.86. The average Bonchev–Trinajstić information content (AvgIpc) is 2.37. The molecule has 0 bridgehead atoms. The van der Waals surface area contributed by atoms with Crippen molar-refractivity contribution in [3.8, 4) is 0 Å². The van der Waals surface area contributed by atoms with Gasteiger partial charge in [-0.15, -0.1) is 0 Å². The van der Waals surface area contributed by atoms with Gasteiger partial charge in [0.05, 0.1) is 17.2 Å². The highest BCUT2D eigenvalue weighted by molar-refractivity contribution is 7.50. The summed E-state index contributed by atoms with van der Waals surface area (Å²) < 4.78 is 11.2. The number of hydrogen-bond donors (Lipinski definition) is 4. The summed E-state index contributed by atoms with van der Waals surface area (Å²) >= 11 is 0. The van der Waals surface area contributed by atoms with Crippen LogP contribution in [-0.4, -0.2) is 36.9 Å². The van der Waals surface area contributed by atoms with Crippen molar-refractivity contribution in [3.05, 3.63) is 35.7 Å². The summed E-state index contributed by atoms with van der Waals surface area (Å²) in [6.45, 7) is 0. The van der Waals surface area contributed by atoms with E-state index in [1.807, 2.05) is 0 Å². The van der Waals surface area contributed by atoms with Gasteiger partial charge in [-0.25, -0.2) is 0 Å². The highest BCUT2D eigenvalue weighted by atomic mass is 31.2. The second-order valence-corrected chi connectivity index (χ2v) is 6.28. The molecule has 0 radical (unpaired) electrons. The Kier molecular flexibility index (Phi) is 4.34. The van der Waals surface area contributed by atoms with Crippen LogP contribution in [-0.2, 0) is 21.9 Å². The van der Waals surface area contributed by atoms with E-state index in [0.717, 1.165) is 0 Å². The van der Waals surface area contributed by atoms with Gasteiger partial charge >= 0.3 is 13.6 Å². The van der Waals surface area contributed by atoms with E-state index in [-0.39, 0.29) is 6.42 Å². The molecule has 21 heavy (non-hydrogen) atoms. The first kappa shape index (κ1) is 15.5. The third-order valence-corrected chi connectivity index (χ3v) is 3.68. The molecule has 0 aliphatic heterocycles. The fourth-order valence-corrected chi connectivity index (χ4v) is 2.72. The molecule has 2 rings (SSSR count). The molecule has 1 unspecified atom stereocenters. The zero-order valence-electron chi connectivity index (χ0n) is 10.9. The Labute approximate surface area is 119 Å². The molecule has 0 amide bonds. The van der Waals surface area contributed by atoms with Crippen molar-refractivity contribution in [2.24, 2.45) is 5.73 Å². The molecule has 0 saturated carbocycles. The number of hydrogen-bond acceptors (Lipinski definition) is 5. The van der Waals surface area contributed by atoms with E-state index in [9.17, 15) is 9.36 Å². The van der Waals surface area contributed by atoms with E-state index in [1.165, 1.54) is 18.5 Å². The van der Waals surface area contributed by atoms with E-state index >= 15 is 0 Å². The summed E-state index contributed by atoms with van der Waals surface area (Å²) in [5.74, 6) is -1.18. The standard InChI is InChI=1S/C12H14N3O5P/c13-9(12(16)17)3-7-4-10-11(15-2-1-14-10)5-8(7)6-21(18,19)20/h1-2,4-5,9H,3,6,13H2,(H,16,17)(H2,18,19,20). The fraction of sp³-hybridized carbons (Fsp3) is 0.250. The van der Waals surface area contributed by atoms with Crippen molar-refractivity contribution < 1.29 is 24.3 Å². The number of rotatable bonds is 5. The van der Waals surface area contributed by atoms with Gasteiger partial charge in [0.25, 0.3) is 0 Å². The van der Waals surface area contributed by atoms with Crippen molar-refractivity contribution >= 4 is 24.6 Å². The molecule has 9 heteroatoms. The molecule has 5 N–H and O–H groups in total. The van der Waals surface area contributed by atoms with Gasteiger partial charge in [-0.1, -0.05) is 0 Å². The van der Waals surface area contributed by atoms with Crippen LogP contribution in [0.15, 0.2) is 24.5 Å². The zero-order valence-corrected chi connectivity index (χ0v) is 11.8. The van der Waals surface area contributed by atoms with Crippen LogP contribution in [0, 0.1) is 0 Å². The lowest BCUT2D eigenvalue weighted by atomic mass is 10.0. The highest BCUT2D eigenvalue weighted by Gasteiger charge is 2.21. The molecular formula is C12H14N3O5P. The molecule has 1 aromatic heterocycles. The van der Waals surface area contributed by atoms with Crippen LogP contribution in [0.1, 0.15) is 11.1 Å². The normalized spacial score (nSPS) is 13.3. The number of aliphatic carboxylic acids is 1. The monoisotopic (exact) mass is 311 g/mol. The molecular weight excluding hydrogens is 297 g/mol. The third kappa shape index (κ3) is 4.05. The Morgan fingerprint density at radius 2 is 1.71 bits per heavy atom. The molecule has 1 atom stereocenters. The van der Waals surface area contributed by atoms with E-state index < -0.39 is 25.8 Å². The lowest BCUT2D eigenvalue weighted by molar-refractivity contribution is -0.138. The average molecular weight is 311 g/mol. The molecule has 0 aliphatic rings. The van der Waals surface area contributed by atoms with Crippen molar-refractivity contribution in [2.75, 3.05) is 0 Å². The van der Waals surface area contributed by atoms with Crippen LogP contribution in [0.3, 0.4) is 0 Å². The van der Waals surface area contributed by atoms with Gasteiger partial charge in [0, 0.05) is 12.4 Å². The van der Waals surface area contributed by atoms with E-state index in [4.69, 9.17) is 20.6 Å². The first-order chi connectivity index (χ1) is 9.76. The quantitative estimate of drug-likeness (QED) is 0.575. The molecule has 0 spiro atoms. The smallest absolute Gasteiger partial charge is 0.329 e. The van der Waals surface area contributed by atoms with E-state index in [0.29, 0.717) is 22.2 Å². The van der Waals surface area contributed by atoms with Crippen molar-refractivity contribution in [1.82, 2.24) is 9.97 Å². The lowest BCUT2D eigenvalue weighted by Gasteiger charge is -2.13. The number of fused-ring (bicyclic) bond motifs is 1. The summed E-state index contributed by atoms with van der Waals surface area (Å²) in [7, 11) is -4.30. The number of carbonyl (C=O) groups is 1. The molecule has 0 fully saturated rings. The van der Waals surface area contributed by atoms with Crippen molar-refractivity contribution in [3.63, 3.8) is 0 Å². The Morgan fingerprint density at radius 3 is 2.19 bits per heavy atom. The molecule has 1 heterocycles. The zero-order chi connectivity index (χ0) is 15.6. The van der Waals surface area contributed by atoms with Crippen molar-refractivity contribution in [1.29, 1.82) is 0 Å². The van der Waals surface area contributed by atoms with Gasteiger partial charge in [-0.3, -0.25) is 19.3 Å². The van der Waals surface area contributed by atoms with Crippen LogP contribution in [0.2, 0.25) is 0 Å². The molecule has 1 aromatic carbocycles. The molecule has 112 valence electrons. The van der Waals surface area contributed by atoms with E-state index in [1.54, 1.807) is 6.07 Å². The maximum atomic E-state index is 11.2. The van der Waals surface area contributed by atoms with Gasteiger partial charge in [-0.2, -0.15) is 0 Å². The lowest BCUT2D eigenvalue weighted by Crippen LogP contribution is -2.32. The van der Waals surface area contributed by atoms with Gasteiger partial charge in [0.2, 0.25) is 0 Å². The number of benzene rings is 1. The number of carboxylic acids is 1. The summed E-state index contributed by atoms with van der Waals surface area (Å²) in [4.78, 5) is 37.3. The van der Waals surface area contributed by atoms with Crippen LogP contribution < -0.4 is 5.73 Å². The van der Waals surface area contributed by atoms with Gasteiger partial charge < -0.3 is 20.6 Å². The van der Waals surface area contributed by atoms with Crippen molar-refractivity contribution in [2.45, 2.75) is 18.6 Å². The van der Waals surface area contributed by atoms with Crippen LogP contribution in [0.5, 0.6) is 0 Å². The number of aromatic nitrogens is 2. The second kappa shape index (κ2) is 5.87. The third-order valence-electron chi connectivity index (χ3n) is 2.92. The van der Waals surface area contributed by atoms with Gasteiger partial charge in [0.1, 0.15) is 6.04 Å². The first-order valence-corrected chi connectivity index (χ1v) is 7.81. The summed E-state index contributed by atoms with van der Waals surface area (Å²) in [6.07, 6.45) is 2.40. The minimum absolute atomic E-state index is 0.0445. The topological polar surface area (TPSA) is 147 Å². The first-order valence-electron chi connectivity index (χ1n) is 6.02. The maximum absolute atomic E-state index is 11.2. The summed E-state index contributed by atoms with van der Waals surface area (Å²) in [5, 5.41) is 8.87. The van der Waals surface area contributed by atoms with Crippen LogP contribution in [0.25, 0.3) is 11.0 Å². The molecule has 0 saturated heterocycles. The summed E-state index contributed by atoms with van der Waals surface area (Å²) in [6, 6.07) is 1.91. The number of nitrogens with two attached hydrogens (primary N) is 1. The minimum Gasteiger partial charge on any atom is -0.480 e. The largest absolute Gasteiger partial charge is 0.480 e. The van der Waals surface area contributed by atoms with Gasteiger partial charge in [-0.05, 0) is 29.7 Å². The predicted octanol–water partition coefficient (Wildman–Crippen LogP) is 0.262. The molecule has 0 aliphatic carbocycles. The number of carboxylic acid groups (broad SMARTS) is 1. The Balaban J connectivity index is 2.50. The van der Waals surface area contributed by atoms with Gasteiger partial charge in [0.15, 0.2) is 0 Å². The minimum atomic E-state index is -4.30. The number of nitrogens with zero attached hydrogens (tertiary/aromatic N) is 2. The summed E-state index contributed by atoms with van der Waals surface area (Å²) in [5.41, 5.74) is 7.26.